The Kier molecular flexibility index (Phi) is 5.40. The number of carbonyl (C=O) groups excluding carboxylic acids is 1. The first-order chi connectivity index (χ1) is 12.8. The fourth-order valence-corrected chi connectivity index (χ4v) is 3.29. The van der Waals surface area contributed by atoms with Gasteiger partial charge in [0.05, 0.1) is 15.5 Å². The molecular weight excluding hydrogens is 417 g/mol. The molecule has 2 aromatic carbocycles. The van der Waals surface area contributed by atoms with Gasteiger partial charge in [-0.3, -0.25) is 15.4 Å². The van der Waals surface area contributed by atoms with Crippen molar-refractivity contribution < 1.29 is 14.8 Å². The Labute approximate surface area is 165 Å². The highest BCUT2D eigenvalue weighted by atomic mass is 35.5. The minimum absolute atomic E-state index is 0.0677. The lowest BCUT2D eigenvalue weighted by molar-refractivity contribution is -0.384. The molecule has 3 N–H and O–H groups in total. The summed E-state index contributed by atoms with van der Waals surface area (Å²) >= 11 is 12.8. The van der Waals surface area contributed by atoms with Crippen LogP contribution in [0.1, 0.15) is 0 Å². The number of phenols is 1. The molecule has 0 aliphatic rings. The second kappa shape index (κ2) is 7.74. The topological polar surface area (TPSA) is 130 Å². The summed E-state index contributed by atoms with van der Waals surface area (Å²) in [7, 11) is 0. The smallest absolute Gasteiger partial charge is 0.325 e. The normalized spacial score (nSPS) is 10.4. The molecule has 0 saturated carbocycles. The summed E-state index contributed by atoms with van der Waals surface area (Å²) in [5.41, 5.74) is 0.561. The molecule has 0 aliphatic heterocycles. The summed E-state index contributed by atoms with van der Waals surface area (Å²) in [6, 6.07) is 7.59. The third-order valence-corrected chi connectivity index (χ3v) is 4.62. The van der Waals surface area contributed by atoms with Crippen LogP contribution in [0.25, 0.3) is 10.6 Å². The molecule has 138 valence electrons. The fraction of sp³-hybridized carbons (Fsp3) is 0. The van der Waals surface area contributed by atoms with E-state index in [1.807, 2.05) is 0 Å². The van der Waals surface area contributed by atoms with Gasteiger partial charge >= 0.3 is 6.03 Å². The van der Waals surface area contributed by atoms with Crippen LogP contribution >= 0.6 is 34.5 Å². The average Bonchev–Trinajstić information content (AvgIpc) is 3.06. The zero-order valence-corrected chi connectivity index (χ0v) is 15.5. The number of carbonyl (C=O) groups is 1. The van der Waals surface area contributed by atoms with E-state index >= 15 is 0 Å². The molecular formula is C15H9Cl2N5O4S. The number of non-ortho nitro benzene ring substituents is 1. The summed E-state index contributed by atoms with van der Waals surface area (Å²) in [4.78, 5) is 22.1. The van der Waals surface area contributed by atoms with Gasteiger partial charge in [-0.1, -0.05) is 34.5 Å². The largest absolute Gasteiger partial charge is 0.506 e. The minimum Gasteiger partial charge on any atom is -0.506 e. The minimum atomic E-state index is -0.611. The predicted molar refractivity (Wildman–Crippen MR) is 103 cm³/mol. The Morgan fingerprint density at radius 3 is 2.52 bits per heavy atom. The molecule has 0 saturated heterocycles. The number of nitro benzene ring substituents is 1. The van der Waals surface area contributed by atoms with Gasteiger partial charge in [0.15, 0.2) is 5.01 Å². The van der Waals surface area contributed by atoms with Crippen LogP contribution in [-0.4, -0.2) is 26.3 Å². The zero-order valence-electron chi connectivity index (χ0n) is 13.1. The van der Waals surface area contributed by atoms with Gasteiger partial charge in [0.2, 0.25) is 5.13 Å². The van der Waals surface area contributed by atoms with Crippen molar-refractivity contribution in [3.8, 4) is 16.3 Å². The Hall–Kier alpha value is -2.95. The highest BCUT2D eigenvalue weighted by molar-refractivity contribution is 7.18. The van der Waals surface area contributed by atoms with E-state index in [1.54, 1.807) is 0 Å². The molecule has 12 heteroatoms. The molecule has 0 spiro atoms. The molecule has 3 rings (SSSR count). The predicted octanol–water partition coefficient (Wildman–Crippen LogP) is 4.77. The van der Waals surface area contributed by atoms with Gasteiger partial charge < -0.3 is 10.4 Å². The van der Waals surface area contributed by atoms with Crippen LogP contribution in [-0.2, 0) is 0 Å². The molecule has 1 heterocycles. The van der Waals surface area contributed by atoms with Crippen LogP contribution in [0.4, 0.5) is 21.3 Å². The number of nitrogens with one attached hydrogen (secondary N) is 2. The highest BCUT2D eigenvalue weighted by Gasteiger charge is 2.16. The molecule has 0 atom stereocenters. The molecule has 0 bridgehead atoms. The van der Waals surface area contributed by atoms with E-state index in [0.29, 0.717) is 15.7 Å². The molecule has 0 fully saturated rings. The van der Waals surface area contributed by atoms with E-state index in [9.17, 15) is 20.0 Å². The summed E-state index contributed by atoms with van der Waals surface area (Å²) in [6.07, 6.45) is 0. The summed E-state index contributed by atoms with van der Waals surface area (Å²) in [5, 5.41) is 34.2. The Balaban J connectivity index is 1.70. The van der Waals surface area contributed by atoms with Crippen LogP contribution in [0.2, 0.25) is 10.0 Å². The van der Waals surface area contributed by atoms with Crippen molar-refractivity contribution in [2.24, 2.45) is 0 Å². The van der Waals surface area contributed by atoms with Crippen LogP contribution in [0, 0.1) is 10.1 Å². The molecule has 0 unspecified atom stereocenters. The van der Waals surface area contributed by atoms with Crippen LogP contribution < -0.4 is 10.6 Å². The number of nitro groups is 1. The van der Waals surface area contributed by atoms with Crippen molar-refractivity contribution in [2.75, 3.05) is 10.6 Å². The van der Waals surface area contributed by atoms with E-state index in [2.05, 4.69) is 20.8 Å². The number of hydrogen-bond acceptors (Lipinski definition) is 7. The maximum absolute atomic E-state index is 12.0. The summed E-state index contributed by atoms with van der Waals surface area (Å²) < 4.78 is 0. The second-order valence-corrected chi connectivity index (χ2v) is 6.90. The quantitative estimate of drug-likeness (QED) is 0.407. The van der Waals surface area contributed by atoms with Crippen LogP contribution in [0.3, 0.4) is 0 Å². The third kappa shape index (κ3) is 4.42. The van der Waals surface area contributed by atoms with Crippen molar-refractivity contribution in [3.63, 3.8) is 0 Å². The monoisotopic (exact) mass is 425 g/mol. The van der Waals surface area contributed by atoms with Crippen LogP contribution in [0.15, 0.2) is 36.4 Å². The van der Waals surface area contributed by atoms with Gasteiger partial charge in [-0.15, -0.1) is 10.2 Å². The maximum Gasteiger partial charge on any atom is 0.325 e. The first-order valence-corrected chi connectivity index (χ1v) is 8.75. The van der Waals surface area contributed by atoms with Crippen molar-refractivity contribution >= 4 is 57.1 Å². The van der Waals surface area contributed by atoms with Crippen LogP contribution in [0.5, 0.6) is 5.75 Å². The SMILES string of the molecule is O=C(Nc1ccc([N+](=O)[O-])cc1)Nc1nnc(-c2cc(Cl)cc(Cl)c2O)s1. The third-order valence-electron chi connectivity index (χ3n) is 3.24. The average molecular weight is 426 g/mol. The molecule has 3 aromatic rings. The number of amides is 2. The Bertz CT molecular complexity index is 1030. The van der Waals surface area contributed by atoms with Gasteiger partial charge in [-0.2, -0.15) is 0 Å². The molecule has 2 amide bonds. The standard InChI is InChI=1S/C15H9Cl2N5O4S/c16-7-5-10(12(23)11(17)6-7)13-20-21-15(27-13)19-14(24)18-8-1-3-9(4-2-8)22(25)26/h1-6,23H,(H2,18,19,21,24). The maximum atomic E-state index is 12.0. The number of aromatic nitrogens is 2. The molecule has 0 aliphatic carbocycles. The molecule has 27 heavy (non-hydrogen) atoms. The van der Waals surface area contributed by atoms with E-state index in [-0.39, 0.29) is 27.2 Å². The van der Waals surface area contributed by atoms with E-state index in [4.69, 9.17) is 23.2 Å². The van der Waals surface area contributed by atoms with E-state index < -0.39 is 11.0 Å². The lowest BCUT2D eigenvalue weighted by atomic mass is 10.2. The highest BCUT2D eigenvalue weighted by Crippen LogP contribution is 2.39. The Morgan fingerprint density at radius 1 is 1.15 bits per heavy atom. The van der Waals surface area contributed by atoms with Crippen molar-refractivity contribution in [2.45, 2.75) is 0 Å². The van der Waals surface area contributed by atoms with Gasteiger partial charge in [0, 0.05) is 22.8 Å². The van der Waals surface area contributed by atoms with Gasteiger partial charge in [-0.05, 0) is 24.3 Å². The number of halogens is 2. The number of benzene rings is 2. The summed E-state index contributed by atoms with van der Waals surface area (Å²) in [5.74, 6) is -0.195. The fourth-order valence-electron chi connectivity index (χ4n) is 2.04. The van der Waals surface area contributed by atoms with Gasteiger partial charge in [0.25, 0.3) is 5.69 Å². The number of anilines is 2. The van der Waals surface area contributed by atoms with Gasteiger partial charge in [0.1, 0.15) is 5.75 Å². The molecule has 0 radical (unpaired) electrons. The van der Waals surface area contributed by atoms with Crippen molar-refractivity contribution in [3.05, 3.63) is 56.6 Å². The number of aromatic hydroxyl groups is 1. The molecule has 9 nitrogen and oxygen atoms in total. The Morgan fingerprint density at radius 2 is 1.85 bits per heavy atom. The van der Waals surface area contributed by atoms with E-state index in [0.717, 1.165) is 11.3 Å². The number of hydrogen-bond donors (Lipinski definition) is 3. The number of nitrogens with zero attached hydrogens (tertiary/aromatic N) is 3. The number of phenolic OH excluding ortho intramolecular Hbond substituents is 1. The second-order valence-electron chi connectivity index (χ2n) is 5.08. The number of rotatable bonds is 4. The summed E-state index contributed by atoms with van der Waals surface area (Å²) in [6.45, 7) is 0. The first kappa shape index (κ1) is 18.8. The molecule has 1 aromatic heterocycles. The lowest BCUT2D eigenvalue weighted by Gasteiger charge is -2.04. The lowest BCUT2D eigenvalue weighted by Crippen LogP contribution is -2.19. The van der Waals surface area contributed by atoms with E-state index in [1.165, 1.54) is 36.4 Å². The van der Waals surface area contributed by atoms with Gasteiger partial charge in [-0.25, -0.2) is 4.79 Å². The van der Waals surface area contributed by atoms with Crippen molar-refractivity contribution in [1.29, 1.82) is 0 Å². The van der Waals surface area contributed by atoms with Crippen molar-refractivity contribution in [1.82, 2.24) is 10.2 Å². The number of urea groups is 1. The zero-order chi connectivity index (χ0) is 19.6. The first-order valence-electron chi connectivity index (χ1n) is 7.18.